The summed E-state index contributed by atoms with van der Waals surface area (Å²) in [5.41, 5.74) is -15.7. The predicted molar refractivity (Wildman–Crippen MR) is 623 cm³/mol. The summed E-state index contributed by atoms with van der Waals surface area (Å²) < 4.78 is 819. The summed E-state index contributed by atoms with van der Waals surface area (Å²) in [5, 5.41) is -26.0. The Morgan fingerprint density at radius 3 is 0.604 bits per heavy atom. The van der Waals surface area contributed by atoms with Crippen molar-refractivity contribution < 1.29 is 123 Å². The molecule has 0 atom stereocenters. The lowest BCUT2D eigenvalue weighted by Gasteiger charge is -2.20. The molecule has 0 aliphatic rings. The molecule has 0 unspecified atom stereocenters. The number of hydrogen-bond donors (Lipinski definition) is 0. The van der Waals surface area contributed by atoms with Crippen molar-refractivity contribution in [3.05, 3.63) is 544 Å². The van der Waals surface area contributed by atoms with Gasteiger partial charge in [0.15, 0.2) is 0 Å². The molecule has 666 valence electrons. The Morgan fingerprint density at radius 2 is 0.257 bits per heavy atom. The van der Waals surface area contributed by atoms with Crippen molar-refractivity contribution in [1.82, 2.24) is 0 Å². The fourth-order valence-corrected chi connectivity index (χ4v) is 17.4. The van der Waals surface area contributed by atoms with Crippen molar-refractivity contribution in [1.29, 1.82) is 0 Å². The summed E-state index contributed by atoms with van der Waals surface area (Å²) in [6, 6.07) is -87.8. The van der Waals surface area contributed by atoms with E-state index in [0.717, 1.165) is 0 Å². The van der Waals surface area contributed by atoms with Crippen molar-refractivity contribution >= 4 is 194 Å². The first-order valence-electron chi connectivity index (χ1n) is 87.8. The van der Waals surface area contributed by atoms with Gasteiger partial charge >= 0.3 is 0 Å². The molecule has 0 heteroatoms. The smallest absolute Gasteiger partial charge is 0.0616 e. The second-order valence-corrected chi connectivity index (χ2v) is 31.5. The highest BCUT2D eigenvalue weighted by atomic mass is 14.3. The SMILES string of the molecule is [2H]c1c([2H])c([2H])c2c(-c3c([2H])c([2H])c4c(-c5c([2H])c([2H])c([2H])c6c([2H])c([2H])c([2H])c([2H])c56)c5c([2H])c([2H])c([2H])c([2H])c5c(-c5c([2H])c([2H])c6c(c5[2H])c([2H])c([2H])c5c([2H])c([2H])c([2H])c([2H])c56)c4c3[2H])c([2H])c([2H])c([2H])c2c1[2H].[2H]c1c([2H])c([2H])c2c([2H])c(-c3c([2H])c([2H])c4c(-c5c([2H])c([2H])c([2H])c6c([2H])c([2H])c([2H])c([2H])c56)c5c([2H])c([2H])c([2H])c([2H])c5c(-c5c([2H])c([2H])c6c(c5[2H])c([2H])c([2H])c5c([2H])c([2H])c([2H])c([2H])c56)c4c3[2H])c([2H])c([2H])c2c1[2H].[2H]c1c([2H])c([2H])c2c([2H])c(-c3c([2H])c([2H])c4c(-c5c([2H])c([2H])c6c(c5[2H])c([2H])c([2H])c5c([2H])c([2H])c([2H])c([2H])c56)c5c([2H])c([2H])c([2H])c([2H])c5c(-c5c([2H])c([2H])c([2H])c6c([2H])c([2H])c([2H])c([2H])c56)c4c3[2H])c([2H])c([2H])c2c1[2H]. The average Bonchev–Trinajstić information content (AvgIpc) is 0.676. The Balaban J connectivity index is 0.000000151. The van der Waals surface area contributed by atoms with E-state index < -0.39 is 838 Å². The van der Waals surface area contributed by atoms with Gasteiger partial charge in [0.05, 0.1) is 123 Å². The number of fused-ring (bicyclic) bond motifs is 21. The van der Waals surface area contributed by atoms with Gasteiger partial charge in [-0.1, -0.05) is 495 Å². The van der Waals surface area contributed by atoms with E-state index in [-0.39, 0.29) is 0 Å². The van der Waals surface area contributed by atoms with Gasteiger partial charge in [0, 0.05) is 0 Å². The van der Waals surface area contributed by atoms with Crippen LogP contribution in [0.3, 0.4) is 0 Å². The first-order valence-corrected chi connectivity index (χ1v) is 42.8. The molecule has 0 spiro atoms. The predicted octanol–water partition coefficient (Wildman–Crippen LogP) is 40.8. The minimum absolute atomic E-state index is 0.551. The van der Waals surface area contributed by atoms with E-state index in [9.17, 15) is 52.1 Å². The van der Waals surface area contributed by atoms with E-state index in [2.05, 4.69) is 0 Å². The lowest BCUT2D eigenvalue weighted by Crippen LogP contribution is -1.93. The van der Waals surface area contributed by atoms with Gasteiger partial charge in [0.1, 0.15) is 0 Å². The van der Waals surface area contributed by atoms with Gasteiger partial charge in [0.25, 0.3) is 0 Å². The van der Waals surface area contributed by atoms with Crippen LogP contribution in [0.4, 0.5) is 0 Å². The second kappa shape index (κ2) is 34.7. The highest BCUT2D eigenvalue weighted by Crippen LogP contribution is 2.53. The van der Waals surface area contributed by atoms with E-state index >= 15 is 0 Å². The van der Waals surface area contributed by atoms with Crippen molar-refractivity contribution in [3.63, 3.8) is 0 Å². The third-order valence-electron chi connectivity index (χ3n) is 23.7. The average molecular weight is 1910 g/mol. The zero-order valence-corrected chi connectivity index (χ0v) is 72.0. The van der Waals surface area contributed by atoms with Crippen LogP contribution in [0.2, 0.25) is 0 Å². The first kappa shape index (κ1) is 33.0. The molecule has 0 saturated heterocycles. The van der Waals surface area contributed by atoms with Crippen LogP contribution in [-0.4, -0.2) is 0 Å². The van der Waals surface area contributed by atoms with Crippen LogP contribution in [0.1, 0.15) is 123 Å². The Hall–Kier alpha value is -18.7. The monoisotopic (exact) mass is 1910 g/mol. The lowest BCUT2D eigenvalue weighted by molar-refractivity contribution is 1.66. The normalized spacial score (nSPS) is 20.5. The summed E-state index contributed by atoms with van der Waals surface area (Å²) in [6.45, 7) is 0. The third-order valence-corrected chi connectivity index (χ3v) is 23.7. The minimum atomic E-state index is -1.16. The molecule has 0 saturated carbocycles. The summed E-state index contributed by atoms with van der Waals surface area (Å²) in [5.74, 6) is 0. The van der Waals surface area contributed by atoms with Gasteiger partial charge in [-0.25, -0.2) is 0 Å². The molecule has 0 nitrogen and oxygen atoms in total. The molecular weight excluding hydrogens is 1730 g/mol. The van der Waals surface area contributed by atoms with Crippen molar-refractivity contribution in [2.24, 2.45) is 0 Å². The van der Waals surface area contributed by atoms with Gasteiger partial charge in [-0.15, -0.1) is 0 Å². The molecule has 0 heterocycles. The van der Waals surface area contributed by atoms with Gasteiger partial charge in [0.2, 0.25) is 0 Å². The summed E-state index contributed by atoms with van der Waals surface area (Å²) in [6.07, 6.45) is 0. The van der Waals surface area contributed by atoms with E-state index in [1.165, 1.54) is 0 Å². The number of hydrogen-bond acceptors (Lipinski definition) is 0. The first-order chi connectivity index (χ1) is 109. The molecular formula is C144H90. The van der Waals surface area contributed by atoms with E-state index in [0.29, 0.717) is 0 Å². The van der Waals surface area contributed by atoms with Gasteiger partial charge in [-0.2, -0.15) is 0 Å². The van der Waals surface area contributed by atoms with Crippen LogP contribution in [0, 0.1) is 0 Å². The zero-order valence-electron chi connectivity index (χ0n) is 162. The van der Waals surface area contributed by atoms with Crippen LogP contribution >= 0.6 is 0 Å². The largest absolute Gasteiger partial charge is 0.0636 e. The van der Waals surface area contributed by atoms with Gasteiger partial charge in [-0.05, 0) is 342 Å². The summed E-state index contributed by atoms with van der Waals surface area (Å²) in [7, 11) is 0. The molecule has 0 bridgehead atoms. The molecule has 0 amide bonds. The minimum Gasteiger partial charge on any atom is -0.0616 e. The quantitative estimate of drug-likeness (QED) is 0.0998. The Bertz CT molecular complexity index is 16500. The Morgan fingerprint density at radius 1 is 0.0833 bits per heavy atom. The standard InChI is InChI=1S/3C48H30/c1-4-16-37-31(11-1)14-9-21-40(37)35-25-28-45-46(30-35)47(36-26-27-41-34(29-36)24-23-33-13-3-5-17-38(33)41)43-19-7-8-20-44(43)48(45)42-22-10-15-32-12-2-6-18-39(32)42;1-2-13-34-28-35(22-20-31(34)10-1)36-24-27-45-46(30-36)47(38-25-26-41-37(29-38)23-21-33-12-4-5-15-39(33)41)43-17-7-8-18-44(43)48(45)42-19-9-14-32-11-3-6-16-40(32)42;1-2-13-34-28-35(22-20-31(34)10-1)36-24-27-45-46(30-36)48(42-19-9-14-32-11-3-6-16-40(32)42)44-18-8-7-17-43(44)47(45)38-25-26-41-37(29-38)23-21-33-12-4-5-15-39(33)41/h3*1-30H/i3*1D,2D,3D,4D,5D,6D,7D,8D,9D,10D,11D,12D,13D,14D,15D,16D,17D,18D,19D,20D,21D,22D,23D,24D,25D,26D,27D,28D,29D,30D. The molecule has 0 aliphatic heterocycles. The topological polar surface area (TPSA) is 0 Å². The van der Waals surface area contributed by atoms with E-state index in [1.807, 2.05) is 0 Å². The van der Waals surface area contributed by atoms with E-state index in [1.54, 1.807) is 0 Å². The Labute approximate surface area is 960 Å². The maximum Gasteiger partial charge on any atom is 0.0636 e. The molecule has 144 heavy (non-hydrogen) atoms. The van der Waals surface area contributed by atoms with Crippen molar-refractivity contribution in [2.45, 2.75) is 0 Å². The molecule has 30 aromatic carbocycles. The van der Waals surface area contributed by atoms with Crippen LogP contribution < -0.4 is 0 Å². The number of benzene rings is 30. The second-order valence-electron chi connectivity index (χ2n) is 31.5. The maximum absolute atomic E-state index is 10.3. The molecule has 0 fully saturated rings. The van der Waals surface area contributed by atoms with Gasteiger partial charge < -0.3 is 0 Å². The van der Waals surface area contributed by atoms with Crippen molar-refractivity contribution in [3.8, 4) is 100 Å². The molecule has 0 N–H and O–H groups in total. The Kier molecular flexibility index (Phi) is 7.95. The molecule has 30 rings (SSSR count). The fourth-order valence-electron chi connectivity index (χ4n) is 17.4. The molecule has 0 aliphatic carbocycles. The maximum atomic E-state index is 10.3. The van der Waals surface area contributed by atoms with Gasteiger partial charge in [-0.3, -0.25) is 0 Å². The highest BCUT2D eigenvalue weighted by Gasteiger charge is 2.26. The van der Waals surface area contributed by atoms with Crippen LogP contribution in [-0.2, 0) is 0 Å². The van der Waals surface area contributed by atoms with Crippen LogP contribution in [0.25, 0.3) is 294 Å². The summed E-state index contributed by atoms with van der Waals surface area (Å²) in [4.78, 5) is 0. The van der Waals surface area contributed by atoms with Crippen LogP contribution in [0.5, 0.6) is 0 Å². The lowest BCUT2D eigenvalue weighted by atomic mass is 9.83. The zero-order chi connectivity index (χ0) is 173. The number of rotatable bonds is 9. The molecule has 30 aromatic rings. The summed E-state index contributed by atoms with van der Waals surface area (Å²) >= 11 is 0. The molecule has 0 radical (unpaired) electrons. The van der Waals surface area contributed by atoms with Crippen LogP contribution in [0.15, 0.2) is 544 Å². The highest BCUT2D eigenvalue weighted by molar-refractivity contribution is 6.29. The third kappa shape index (κ3) is 14.2. The van der Waals surface area contributed by atoms with Crippen molar-refractivity contribution in [2.75, 3.05) is 0 Å². The van der Waals surface area contributed by atoms with E-state index in [4.69, 9.17) is 71.3 Å². The fraction of sp³-hybridized carbons (Fsp3) is 0. The molecule has 0 aromatic heterocycles.